The molecular weight excluding hydrogens is 320 g/mol. The number of hydrogen-bond acceptors (Lipinski definition) is 4. The number of fused-ring (bicyclic) bond motifs is 1. The Morgan fingerprint density at radius 2 is 1.96 bits per heavy atom. The first-order chi connectivity index (χ1) is 11.0. The van der Waals surface area contributed by atoms with Crippen LogP contribution in [0.2, 0.25) is 0 Å². The van der Waals surface area contributed by atoms with Crippen LogP contribution < -0.4 is 4.74 Å². The third kappa shape index (κ3) is 3.01. The number of imidazole rings is 1. The van der Waals surface area contributed by atoms with E-state index in [0.717, 1.165) is 11.0 Å². The molecule has 2 heterocycles. The van der Waals surface area contributed by atoms with Crippen molar-refractivity contribution < 1.29 is 13.5 Å². The van der Waals surface area contributed by atoms with Gasteiger partial charge in [0.2, 0.25) is 0 Å². The molecule has 0 spiro atoms. The summed E-state index contributed by atoms with van der Waals surface area (Å²) < 4.78 is 29.8. The normalized spacial score (nSPS) is 12.8. The number of rotatable bonds is 4. The van der Waals surface area contributed by atoms with E-state index in [4.69, 9.17) is 0 Å². The van der Waals surface area contributed by atoms with Gasteiger partial charge in [0.1, 0.15) is 16.8 Å². The molecule has 1 unspecified atom stereocenters. The number of aromatic amines is 1. The summed E-state index contributed by atoms with van der Waals surface area (Å²) in [6, 6.07) is 7.59. The number of para-hydroxylation sites is 2. The first-order valence-corrected chi connectivity index (χ1v) is 7.52. The number of H-pyrrole nitrogens is 1. The molecule has 0 aliphatic rings. The molecule has 1 atom stereocenters. The zero-order chi connectivity index (χ0) is 16.6. The molecule has 120 valence electrons. The highest BCUT2D eigenvalue weighted by atomic mass is 32.1. The van der Waals surface area contributed by atoms with E-state index in [-0.39, 0.29) is 5.75 Å². The lowest BCUT2D eigenvalue weighted by atomic mass is 10.1. The van der Waals surface area contributed by atoms with Crippen molar-refractivity contribution >= 4 is 23.7 Å². The molecular formula is C16H15F2N3OS. The number of thiol groups is 1. The van der Waals surface area contributed by atoms with E-state index in [1.54, 1.807) is 13.8 Å². The van der Waals surface area contributed by atoms with Gasteiger partial charge in [-0.1, -0.05) is 12.1 Å². The summed E-state index contributed by atoms with van der Waals surface area (Å²) in [7, 11) is 0. The van der Waals surface area contributed by atoms with E-state index in [1.807, 2.05) is 24.3 Å². The Morgan fingerprint density at radius 1 is 1.22 bits per heavy atom. The van der Waals surface area contributed by atoms with E-state index in [2.05, 4.69) is 32.3 Å². The van der Waals surface area contributed by atoms with Gasteiger partial charge in [0.05, 0.1) is 16.7 Å². The third-order valence-electron chi connectivity index (χ3n) is 3.61. The Balaban J connectivity index is 2.03. The van der Waals surface area contributed by atoms with Crippen molar-refractivity contribution in [2.75, 3.05) is 0 Å². The van der Waals surface area contributed by atoms with Crippen molar-refractivity contribution in [2.45, 2.75) is 25.7 Å². The van der Waals surface area contributed by atoms with Crippen molar-refractivity contribution in [2.24, 2.45) is 0 Å². The predicted octanol–water partition coefficient (Wildman–Crippen LogP) is 4.20. The fraction of sp³-hybridized carbons (Fsp3) is 0.250. The van der Waals surface area contributed by atoms with Gasteiger partial charge in [0.15, 0.2) is 0 Å². The van der Waals surface area contributed by atoms with E-state index < -0.39 is 11.9 Å². The summed E-state index contributed by atoms with van der Waals surface area (Å²) in [5.74, 6) is 0.747. The molecule has 4 nitrogen and oxygen atoms in total. The van der Waals surface area contributed by atoms with Gasteiger partial charge in [0, 0.05) is 17.3 Å². The Labute approximate surface area is 137 Å². The monoisotopic (exact) mass is 335 g/mol. The number of alkyl halides is 2. The van der Waals surface area contributed by atoms with Crippen molar-refractivity contribution in [3.05, 3.63) is 53.1 Å². The quantitative estimate of drug-likeness (QED) is 0.703. The maximum Gasteiger partial charge on any atom is 0.387 e. The van der Waals surface area contributed by atoms with Gasteiger partial charge < -0.3 is 9.72 Å². The largest absolute Gasteiger partial charge is 0.434 e. The van der Waals surface area contributed by atoms with Gasteiger partial charge >= 0.3 is 6.61 Å². The van der Waals surface area contributed by atoms with Crippen LogP contribution in [0.4, 0.5) is 8.78 Å². The molecule has 0 aliphatic heterocycles. The molecule has 2 aromatic heterocycles. The average molecular weight is 335 g/mol. The second-order valence-corrected chi connectivity index (χ2v) is 5.72. The summed E-state index contributed by atoms with van der Waals surface area (Å²) in [5.41, 5.74) is 3.32. The van der Waals surface area contributed by atoms with E-state index in [9.17, 15) is 8.78 Å². The van der Waals surface area contributed by atoms with Crippen LogP contribution in [-0.4, -0.2) is 21.6 Å². The molecule has 0 saturated heterocycles. The average Bonchev–Trinajstić information content (AvgIpc) is 2.94. The first kappa shape index (κ1) is 15.7. The molecule has 0 bridgehead atoms. The number of nitrogens with one attached hydrogen (secondary N) is 1. The highest BCUT2D eigenvalue weighted by molar-refractivity contribution is 7.80. The summed E-state index contributed by atoms with van der Waals surface area (Å²) in [5, 5.41) is -0.469. The number of aromatic nitrogens is 3. The lowest BCUT2D eigenvalue weighted by Crippen LogP contribution is -2.09. The number of nitrogens with zero attached hydrogens (tertiary/aromatic N) is 2. The van der Waals surface area contributed by atoms with E-state index >= 15 is 0 Å². The summed E-state index contributed by atoms with van der Waals surface area (Å²) >= 11 is 4.56. The molecule has 3 rings (SSSR count). The van der Waals surface area contributed by atoms with Gasteiger partial charge in [-0.25, -0.2) is 4.98 Å². The van der Waals surface area contributed by atoms with Crippen LogP contribution >= 0.6 is 12.6 Å². The van der Waals surface area contributed by atoms with Crippen molar-refractivity contribution in [3.8, 4) is 5.75 Å². The molecule has 0 saturated carbocycles. The summed E-state index contributed by atoms with van der Waals surface area (Å²) in [4.78, 5) is 12.0. The first-order valence-electron chi connectivity index (χ1n) is 7.01. The van der Waals surface area contributed by atoms with Crippen LogP contribution in [0.5, 0.6) is 5.75 Å². The number of hydrogen-bond donors (Lipinski definition) is 2. The van der Waals surface area contributed by atoms with Gasteiger partial charge in [0.25, 0.3) is 0 Å². The highest BCUT2D eigenvalue weighted by Gasteiger charge is 2.22. The smallest absolute Gasteiger partial charge is 0.387 e. The lowest BCUT2D eigenvalue weighted by molar-refractivity contribution is -0.0508. The zero-order valence-electron chi connectivity index (χ0n) is 12.5. The van der Waals surface area contributed by atoms with Crippen molar-refractivity contribution in [1.82, 2.24) is 15.0 Å². The number of benzene rings is 1. The Kier molecular flexibility index (Phi) is 4.21. The van der Waals surface area contributed by atoms with Crippen molar-refractivity contribution in [1.29, 1.82) is 0 Å². The fourth-order valence-electron chi connectivity index (χ4n) is 2.51. The molecule has 3 aromatic rings. The van der Waals surface area contributed by atoms with Crippen LogP contribution in [0.3, 0.4) is 0 Å². The van der Waals surface area contributed by atoms with Crippen LogP contribution in [0.15, 0.2) is 30.5 Å². The predicted molar refractivity (Wildman–Crippen MR) is 87.3 cm³/mol. The molecule has 0 radical (unpaired) electrons. The SMILES string of the molecule is Cc1cnc(C(S)c2nc3ccccc3[nH]2)c(C)c1OC(F)F. The zero-order valence-corrected chi connectivity index (χ0v) is 13.4. The second-order valence-electron chi connectivity index (χ2n) is 5.20. The summed E-state index contributed by atoms with van der Waals surface area (Å²) in [6.07, 6.45) is 1.51. The number of pyridine rings is 1. The Bertz CT molecular complexity index is 817. The van der Waals surface area contributed by atoms with E-state index in [1.165, 1.54) is 6.20 Å². The molecule has 0 fully saturated rings. The fourth-order valence-corrected chi connectivity index (χ4v) is 2.89. The standard InChI is InChI=1S/C16H15F2N3OS/c1-8-7-19-12(9(2)13(8)22-16(17)18)14(23)15-20-10-5-3-4-6-11(10)21-15/h3-7,14,16,23H,1-2H3,(H,20,21). The van der Waals surface area contributed by atoms with Crippen LogP contribution in [-0.2, 0) is 0 Å². The summed E-state index contributed by atoms with van der Waals surface area (Å²) in [6.45, 7) is 0.488. The third-order valence-corrected chi connectivity index (χ3v) is 4.10. The maximum absolute atomic E-state index is 12.6. The number of aryl methyl sites for hydroxylation is 1. The number of ether oxygens (including phenoxy) is 1. The van der Waals surface area contributed by atoms with E-state index in [0.29, 0.717) is 22.6 Å². The maximum atomic E-state index is 12.6. The molecule has 23 heavy (non-hydrogen) atoms. The Hall–Kier alpha value is -2.15. The molecule has 1 aromatic carbocycles. The number of halogens is 2. The van der Waals surface area contributed by atoms with Gasteiger partial charge in [-0.15, -0.1) is 0 Å². The molecule has 0 amide bonds. The topological polar surface area (TPSA) is 50.8 Å². The van der Waals surface area contributed by atoms with Gasteiger partial charge in [-0.2, -0.15) is 21.4 Å². The van der Waals surface area contributed by atoms with Crippen LogP contribution in [0.25, 0.3) is 11.0 Å². The second kappa shape index (κ2) is 6.16. The minimum absolute atomic E-state index is 0.139. The minimum atomic E-state index is -2.88. The lowest BCUT2D eigenvalue weighted by Gasteiger charge is -2.16. The van der Waals surface area contributed by atoms with Crippen LogP contribution in [0, 0.1) is 13.8 Å². The van der Waals surface area contributed by atoms with Gasteiger partial charge in [-0.3, -0.25) is 4.98 Å². The molecule has 1 N–H and O–H groups in total. The Morgan fingerprint density at radius 3 is 2.65 bits per heavy atom. The van der Waals surface area contributed by atoms with Gasteiger partial charge in [-0.05, 0) is 26.0 Å². The molecule has 7 heteroatoms. The highest BCUT2D eigenvalue weighted by Crippen LogP contribution is 2.34. The van der Waals surface area contributed by atoms with Crippen molar-refractivity contribution in [3.63, 3.8) is 0 Å². The minimum Gasteiger partial charge on any atom is -0.434 e. The molecule has 0 aliphatic carbocycles. The van der Waals surface area contributed by atoms with Crippen LogP contribution in [0.1, 0.15) is 27.9 Å².